The van der Waals surface area contributed by atoms with Crippen molar-refractivity contribution in [2.45, 2.75) is 58.3 Å². The molecule has 5 rings (SSSR count). The average molecular weight is 535 g/mol. The second-order valence-electron chi connectivity index (χ2n) is 11.9. The summed E-state index contributed by atoms with van der Waals surface area (Å²) in [5.41, 5.74) is 6.75. The number of hydrogen-bond donors (Lipinski definition) is 0. The minimum atomic E-state index is -0.516. The van der Waals surface area contributed by atoms with E-state index in [4.69, 9.17) is 4.74 Å². The van der Waals surface area contributed by atoms with Crippen LogP contribution in [-0.4, -0.2) is 18.4 Å². The molecule has 0 unspecified atom stereocenters. The van der Waals surface area contributed by atoms with Crippen molar-refractivity contribution < 1.29 is 18.7 Å². The molecule has 4 heteroatoms. The number of carbonyl (C=O) groups is 2. The SMILES string of the molecule is CCOC(=O)c1ccccc1C(=O)c1ccc(-c2cc3c(cc2-c2ccccc2F)C(C)(C)CCC3(C)C)cc1. The molecule has 0 aliphatic heterocycles. The van der Waals surface area contributed by atoms with Gasteiger partial charge in [-0.25, -0.2) is 9.18 Å². The highest BCUT2D eigenvalue weighted by atomic mass is 19.1. The molecule has 0 aromatic heterocycles. The van der Waals surface area contributed by atoms with Crippen LogP contribution in [-0.2, 0) is 15.6 Å². The van der Waals surface area contributed by atoms with E-state index in [0.717, 1.165) is 29.5 Å². The number of fused-ring (bicyclic) bond motifs is 1. The van der Waals surface area contributed by atoms with Gasteiger partial charge in [0.1, 0.15) is 5.82 Å². The molecule has 0 heterocycles. The fourth-order valence-electron chi connectivity index (χ4n) is 5.78. The Morgan fingerprint density at radius 3 is 1.88 bits per heavy atom. The highest BCUT2D eigenvalue weighted by molar-refractivity contribution is 6.14. The van der Waals surface area contributed by atoms with Crippen molar-refractivity contribution in [1.29, 1.82) is 0 Å². The van der Waals surface area contributed by atoms with Crippen LogP contribution < -0.4 is 0 Å². The Kier molecular flexibility index (Phi) is 7.22. The van der Waals surface area contributed by atoms with Crippen LogP contribution in [0.15, 0.2) is 84.9 Å². The first-order chi connectivity index (χ1) is 19.0. The van der Waals surface area contributed by atoms with Crippen molar-refractivity contribution in [2.24, 2.45) is 0 Å². The van der Waals surface area contributed by atoms with Crippen LogP contribution in [0.4, 0.5) is 4.39 Å². The molecular formula is C36H35FO3. The van der Waals surface area contributed by atoms with Gasteiger partial charge in [-0.2, -0.15) is 0 Å². The van der Waals surface area contributed by atoms with E-state index in [-0.39, 0.29) is 34.6 Å². The van der Waals surface area contributed by atoms with E-state index in [2.05, 4.69) is 39.8 Å². The van der Waals surface area contributed by atoms with Crippen LogP contribution in [0.5, 0.6) is 0 Å². The highest BCUT2D eigenvalue weighted by Gasteiger charge is 2.38. The standard InChI is InChI=1S/C36H35FO3/c1-6-40-34(39)27-13-8-7-12-26(27)33(38)24-17-15-23(16-18-24)28-21-30-31(36(4,5)20-19-35(30,2)3)22-29(28)25-11-9-10-14-32(25)37/h7-18,21-22H,6,19-20H2,1-5H3. The summed E-state index contributed by atoms with van der Waals surface area (Å²) in [6.45, 7) is 11.0. The smallest absolute Gasteiger partial charge is 0.338 e. The molecule has 0 fully saturated rings. The van der Waals surface area contributed by atoms with Crippen LogP contribution in [0, 0.1) is 5.82 Å². The lowest BCUT2D eigenvalue weighted by molar-refractivity contribution is 0.0523. The maximum atomic E-state index is 15.2. The molecule has 3 nitrogen and oxygen atoms in total. The monoisotopic (exact) mass is 534 g/mol. The molecule has 0 amide bonds. The Labute approximate surface area is 236 Å². The van der Waals surface area contributed by atoms with Gasteiger partial charge in [0.2, 0.25) is 0 Å². The number of hydrogen-bond acceptors (Lipinski definition) is 3. The summed E-state index contributed by atoms with van der Waals surface area (Å²) < 4.78 is 20.3. The minimum absolute atomic E-state index is 0.0138. The molecule has 40 heavy (non-hydrogen) atoms. The van der Waals surface area contributed by atoms with E-state index in [9.17, 15) is 9.59 Å². The number of ether oxygens (including phenoxy) is 1. The number of rotatable bonds is 6. The molecule has 1 aliphatic carbocycles. The van der Waals surface area contributed by atoms with E-state index in [1.54, 1.807) is 49.4 Å². The largest absolute Gasteiger partial charge is 0.462 e. The molecular weight excluding hydrogens is 499 g/mol. The number of esters is 1. The van der Waals surface area contributed by atoms with Crippen LogP contribution in [0.2, 0.25) is 0 Å². The van der Waals surface area contributed by atoms with Crippen LogP contribution in [0.25, 0.3) is 22.3 Å². The Bertz CT molecular complexity index is 1600. The maximum absolute atomic E-state index is 15.2. The molecule has 0 radical (unpaired) electrons. The third kappa shape index (κ3) is 4.99. The third-order valence-corrected chi connectivity index (χ3v) is 8.28. The van der Waals surface area contributed by atoms with Gasteiger partial charge in [-0.05, 0) is 82.7 Å². The van der Waals surface area contributed by atoms with Gasteiger partial charge in [0.05, 0.1) is 12.2 Å². The summed E-state index contributed by atoms with van der Waals surface area (Å²) in [5.74, 6) is -1.03. The van der Waals surface area contributed by atoms with Gasteiger partial charge in [-0.3, -0.25) is 4.79 Å². The second kappa shape index (κ2) is 10.5. The minimum Gasteiger partial charge on any atom is -0.462 e. The first-order valence-electron chi connectivity index (χ1n) is 13.9. The normalized spacial score (nSPS) is 15.2. The predicted octanol–water partition coefficient (Wildman–Crippen LogP) is 8.92. The lowest BCUT2D eigenvalue weighted by Crippen LogP contribution is -2.34. The van der Waals surface area contributed by atoms with Crippen molar-refractivity contribution >= 4 is 11.8 Å². The van der Waals surface area contributed by atoms with Gasteiger partial charge in [-0.1, -0.05) is 88.4 Å². The molecule has 4 aromatic carbocycles. The summed E-state index contributed by atoms with van der Waals surface area (Å²) >= 11 is 0. The van der Waals surface area contributed by atoms with Crippen molar-refractivity contribution in [3.05, 3.63) is 119 Å². The zero-order chi connectivity index (χ0) is 28.7. The fraction of sp³-hybridized carbons (Fsp3) is 0.278. The van der Waals surface area contributed by atoms with E-state index < -0.39 is 5.97 Å². The molecule has 204 valence electrons. The van der Waals surface area contributed by atoms with Crippen LogP contribution >= 0.6 is 0 Å². The molecule has 0 bridgehead atoms. The van der Waals surface area contributed by atoms with Gasteiger partial charge >= 0.3 is 5.97 Å². The lowest BCUT2D eigenvalue weighted by atomic mass is 9.62. The number of benzene rings is 4. The van der Waals surface area contributed by atoms with E-state index in [0.29, 0.717) is 16.7 Å². The third-order valence-electron chi connectivity index (χ3n) is 8.28. The number of ketones is 1. The Balaban J connectivity index is 1.63. The first kappa shape index (κ1) is 27.5. The summed E-state index contributed by atoms with van der Waals surface area (Å²) in [6.07, 6.45) is 2.13. The average Bonchev–Trinajstić information content (AvgIpc) is 2.95. The predicted molar refractivity (Wildman–Crippen MR) is 158 cm³/mol. The van der Waals surface area contributed by atoms with Gasteiger partial charge < -0.3 is 4.74 Å². The Hall–Kier alpha value is -4.05. The van der Waals surface area contributed by atoms with Crippen molar-refractivity contribution in [1.82, 2.24) is 0 Å². The maximum Gasteiger partial charge on any atom is 0.338 e. The molecule has 0 saturated heterocycles. The van der Waals surface area contributed by atoms with E-state index in [1.807, 2.05) is 24.3 Å². The van der Waals surface area contributed by atoms with Crippen LogP contribution in [0.3, 0.4) is 0 Å². The first-order valence-corrected chi connectivity index (χ1v) is 13.9. The highest BCUT2D eigenvalue weighted by Crippen LogP contribution is 2.49. The summed E-state index contributed by atoms with van der Waals surface area (Å²) in [7, 11) is 0. The molecule has 0 saturated carbocycles. The molecule has 0 N–H and O–H groups in total. The van der Waals surface area contributed by atoms with Crippen LogP contribution in [0.1, 0.15) is 84.9 Å². The van der Waals surface area contributed by atoms with Crippen molar-refractivity contribution in [2.75, 3.05) is 6.61 Å². The molecule has 1 aliphatic rings. The summed E-state index contributed by atoms with van der Waals surface area (Å²) in [6, 6.07) is 25.4. The number of halogens is 1. The second-order valence-corrected chi connectivity index (χ2v) is 11.9. The lowest BCUT2D eigenvalue weighted by Gasteiger charge is -2.42. The Morgan fingerprint density at radius 2 is 1.27 bits per heavy atom. The summed E-state index contributed by atoms with van der Waals surface area (Å²) in [5, 5.41) is 0. The molecule has 0 atom stereocenters. The van der Waals surface area contributed by atoms with Gasteiger partial charge in [0.15, 0.2) is 5.78 Å². The van der Waals surface area contributed by atoms with Gasteiger partial charge in [0.25, 0.3) is 0 Å². The fourth-order valence-corrected chi connectivity index (χ4v) is 5.78. The van der Waals surface area contributed by atoms with Gasteiger partial charge in [0, 0.05) is 16.7 Å². The molecule has 4 aromatic rings. The van der Waals surface area contributed by atoms with E-state index >= 15 is 4.39 Å². The van der Waals surface area contributed by atoms with Crippen molar-refractivity contribution in [3.63, 3.8) is 0 Å². The quantitative estimate of drug-likeness (QED) is 0.183. The molecule has 0 spiro atoms. The Morgan fingerprint density at radius 1 is 0.725 bits per heavy atom. The summed E-state index contributed by atoms with van der Waals surface area (Å²) in [4.78, 5) is 25.9. The zero-order valence-electron chi connectivity index (χ0n) is 23.8. The number of carbonyl (C=O) groups excluding carboxylic acids is 2. The topological polar surface area (TPSA) is 43.4 Å². The zero-order valence-corrected chi connectivity index (χ0v) is 23.8. The van der Waals surface area contributed by atoms with Gasteiger partial charge in [-0.15, -0.1) is 0 Å². The van der Waals surface area contributed by atoms with E-state index in [1.165, 1.54) is 17.2 Å². The van der Waals surface area contributed by atoms with Crippen molar-refractivity contribution in [3.8, 4) is 22.3 Å².